The topological polar surface area (TPSA) is 65.6 Å². The van der Waals surface area contributed by atoms with Crippen molar-refractivity contribution < 1.29 is 9.53 Å². The molecule has 1 aliphatic heterocycles. The number of thiazole rings is 1. The predicted molar refractivity (Wildman–Crippen MR) is 165 cm³/mol. The summed E-state index contributed by atoms with van der Waals surface area (Å²) in [7, 11) is 1.62. The SMILES string of the molecule is COc1ccc2ccccc2c1[C@H]1C(C(C)=O)=C(C)N=c2s/c(=C\c3cc(C)n(-c4ccc(C)cc4)c3C)c(=O)n21. The average molecular weight is 562 g/mol. The molecule has 3 aromatic carbocycles. The number of allylic oxidation sites excluding steroid dienone is 2. The normalized spacial score (nSPS) is 15.3. The maximum Gasteiger partial charge on any atom is 0.271 e. The van der Waals surface area contributed by atoms with Gasteiger partial charge in [-0.2, -0.15) is 0 Å². The number of fused-ring (bicyclic) bond motifs is 2. The van der Waals surface area contributed by atoms with Crippen LogP contribution < -0.4 is 19.6 Å². The first kappa shape index (κ1) is 26.7. The van der Waals surface area contributed by atoms with Gasteiger partial charge in [0, 0.05) is 33.9 Å². The van der Waals surface area contributed by atoms with E-state index in [1.54, 1.807) is 11.7 Å². The third-order valence-corrected chi connectivity index (χ3v) is 8.86. The van der Waals surface area contributed by atoms with Crippen molar-refractivity contribution in [2.24, 2.45) is 4.99 Å². The van der Waals surface area contributed by atoms with Gasteiger partial charge in [0.25, 0.3) is 5.56 Å². The van der Waals surface area contributed by atoms with Gasteiger partial charge in [0.05, 0.1) is 17.7 Å². The molecule has 0 aliphatic carbocycles. The highest BCUT2D eigenvalue weighted by atomic mass is 32.1. The molecule has 3 heterocycles. The van der Waals surface area contributed by atoms with Gasteiger partial charge in [-0.3, -0.25) is 14.2 Å². The van der Waals surface area contributed by atoms with Gasteiger partial charge < -0.3 is 9.30 Å². The van der Waals surface area contributed by atoms with Gasteiger partial charge in [-0.15, -0.1) is 0 Å². The zero-order chi connectivity index (χ0) is 29.0. The molecule has 41 heavy (non-hydrogen) atoms. The summed E-state index contributed by atoms with van der Waals surface area (Å²) < 4.78 is 10.3. The quantitative estimate of drug-likeness (QED) is 0.277. The molecule has 0 amide bonds. The maximum absolute atomic E-state index is 14.2. The number of ether oxygens (including phenoxy) is 1. The molecule has 0 radical (unpaired) electrons. The Morgan fingerprint density at radius 3 is 2.44 bits per heavy atom. The molecular formula is C34H31N3O3S. The second kappa shape index (κ2) is 10.2. The van der Waals surface area contributed by atoms with Crippen molar-refractivity contribution in [2.75, 3.05) is 7.11 Å². The summed E-state index contributed by atoms with van der Waals surface area (Å²) in [6.07, 6.45) is 1.95. The molecule has 0 unspecified atom stereocenters. The number of benzene rings is 3. The smallest absolute Gasteiger partial charge is 0.271 e. The summed E-state index contributed by atoms with van der Waals surface area (Å²) in [6, 6.07) is 21.7. The van der Waals surface area contributed by atoms with Crippen molar-refractivity contribution >= 4 is 34.0 Å². The van der Waals surface area contributed by atoms with Gasteiger partial charge in [0.2, 0.25) is 0 Å². The molecule has 1 atom stereocenters. The molecule has 0 spiro atoms. The van der Waals surface area contributed by atoms with Gasteiger partial charge in [-0.05, 0) is 81.3 Å². The Labute approximate surface area is 242 Å². The third-order valence-electron chi connectivity index (χ3n) is 7.87. The summed E-state index contributed by atoms with van der Waals surface area (Å²) in [6.45, 7) is 9.59. The number of carbonyl (C=O) groups is 1. The molecule has 5 aromatic rings. The lowest BCUT2D eigenvalue weighted by Crippen LogP contribution is -2.39. The van der Waals surface area contributed by atoms with Crippen molar-refractivity contribution in [3.05, 3.63) is 126 Å². The molecule has 0 N–H and O–H groups in total. The molecule has 0 saturated heterocycles. The highest BCUT2D eigenvalue weighted by Gasteiger charge is 2.33. The molecule has 0 bridgehead atoms. The van der Waals surface area contributed by atoms with E-state index in [1.807, 2.05) is 49.4 Å². The van der Waals surface area contributed by atoms with E-state index in [4.69, 9.17) is 9.73 Å². The average Bonchev–Trinajstić information content (AvgIpc) is 3.41. The second-order valence-corrected chi connectivity index (χ2v) is 11.5. The van der Waals surface area contributed by atoms with Crippen molar-refractivity contribution in [1.29, 1.82) is 0 Å². The first-order valence-electron chi connectivity index (χ1n) is 13.5. The number of rotatable bonds is 5. The molecule has 206 valence electrons. The number of aryl methyl sites for hydroxylation is 2. The number of ketones is 1. The van der Waals surface area contributed by atoms with Gasteiger partial charge in [0.1, 0.15) is 5.75 Å². The fourth-order valence-corrected chi connectivity index (χ4v) is 6.98. The fourth-order valence-electron chi connectivity index (χ4n) is 5.95. The fraction of sp³-hybridized carbons (Fsp3) is 0.206. The van der Waals surface area contributed by atoms with Crippen LogP contribution in [0.5, 0.6) is 5.75 Å². The van der Waals surface area contributed by atoms with Gasteiger partial charge in [0.15, 0.2) is 10.6 Å². The lowest BCUT2D eigenvalue weighted by atomic mass is 9.89. The minimum absolute atomic E-state index is 0.123. The summed E-state index contributed by atoms with van der Waals surface area (Å²) in [5.41, 5.74) is 7.10. The van der Waals surface area contributed by atoms with Crippen molar-refractivity contribution in [1.82, 2.24) is 9.13 Å². The number of hydrogen-bond donors (Lipinski definition) is 0. The first-order chi connectivity index (χ1) is 19.7. The van der Waals surface area contributed by atoms with Crippen molar-refractivity contribution in [3.63, 3.8) is 0 Å². The Kier molecular flexibility index (Phi) is 6.62. The number of hydrogen-bond acceptors (Lipinski definition) is 5. The molecule has 6 rings (SSSR count). The van der Waals surface area contributed by atoms with Crippen LogP contribution in [-0.2, 0) is 4.79 Å². The van der Waals surface area contributed by atoms with E-state index in [0.717, 1.165) is 39.0 Å². The summed E-state index contributed by atoms with van der Waals surface area (Å²) >= 11 is 1.35. The van der Waals surface area contributed by atoms with E-state index in [0.29, 0.717) is 26.4 Å². The largest absolute Gasteiger partial charge is 0.496 e. The maximum atomic E-state index is 14.2. The molecule has 1 aliphatic rings. The van der Waals surface area contributed by atoms with Crippen LogP contribution in [0.15, 0.2) is 87.8 Å². The number of nitrogens with zero attached hydrogens (tertiary/aromatic N) is 3. The molecule has 6 nitrogen and oxygen atoms in total. The van der Waals surface area contributed by atoms with Gasteiger partial charge in [-0.1, -0.05) is 59.4 Å². The summed E-state index contributed by atoms with van der Waals surface area (Å²) in [5, 5.41) is 1.94. The van der Waals surface area contributed by atoms with Crippen LogP contribution in [0.2, 0.25) is 0 Å². The zero-order valence-corrected chi connectivity index (χ0v) is 24.8. The Morgan fingerprint density at radius 2 is 1.73 bits per heavy atom. The van der Waals surface area contributed by atoms with Gasteiger partial charge in [-0.25, -0.2) is 4.99 Å². The Hall–Kier alpha value is -4.49. The summed E-state index contributed by atoms with van der Waals surface area (Å²) in [5.74, 6) is 0.500. The van der Waals surface area contributed by atoms with Crippen LogP contribution in [0, 0.1) is 20.8 Å². The highest BCUT2D eigenvalue weighted by molar-refractivity contribution is 7.07. The predicted octanol–water partition coefficient (Wildman–Crippen LogP) is 5.70. The number of carbonyl (C=O) groups excluding carboxylic acids is 1. The van der Waals surface area contributed by atoms with E-state index in [2.05, 4.69) is 55.7 Å². The number of aromatic nitrogens is 2. The van der Waals surface area contributed by atoms with E-state index < -0.39 is 6.04 Å². The second-order valence-electron chi connectivity index (χ2n) is 10.5. The lowest BCUT2D eigenvalue weighted by Gasteiger charge is -2.27. The van der Waals surface area contributed by atoms with Crippen LogP contribution >= 0.6 is 11.3 Å². The lowest BCUT2D eigenvalue weighted by molar-refractivity contribution is -0.114. The van der Waals surface area contributed by atoms with E-state index >= 15 is 0 Å². The Balaban J connectivity index is 1.60. The van der Waals surface area contributed by atoms with Crippen LogP contribution in [0.3, 0.4) is 0 Å². The van der Waals surface area contributed by atoms with Gasteiger partial charge >= 0.3 is 0 Å². The highest BCUT2D eigenvalue weighted by Crippen LogP contribution is 2.40. The number of methoxy groups -OCH3 is 1. The van der Waals surface area contributed by atoms with Crippen LogP contribution in [-0.4, -0.2) is 22.0 Å². The Bertz CT molecular complexity index is 2070. The number of Topliss-reactive ketones (excluding diaryl/α,β-unsaturated/α-hetero) is 1. The molecule has 0 fully saturated rings. The van der Waals surface area contributed by atoms with E-state index in [9.17, 15) is 9.59 Å². The zero-order valence-electron chi connectivity index (χ0n) is 24.0. The minimum Gasteiger partial charge on any atom is -0.496 e. The van der Waals surface area contributed by atoms with Crippen LogP contribution in [0.4, 0.5) is 0 Å². The van der Waals surface area contributed by atoms with Crippen LogP contribution in [0.1, 0.15) is 48.0 Å². The molecule has 0 saturated carbocycles. The standard InChI is InChI=1S/C34H31N3O3S/c1-19-11-14-26(15-12-19)36-20(2)17-25(22(36)4)18-29-33(39)37-32(30(23(5)38)21(3)35-34(37)41-29)31-27-10-8-7-9-24(27)13-16-28(31)40-6/h7-18,32H,1-6H3/b29-18-/t32-/m1/s1. The summed E-state index contributed by atoms with van der Waals surface area (Å²) in [4.78, 5) is 32.7. The first-order valence-corrected chi connectivity index (χ1v) is 14.4. The molecular weight excluding hydrogens is 530 g/mol. The van der Waals surface area contributed by atoms with E-state index in [1.165, 1.54) is 23.8 Å². The minimum atomic E-state index is -0.660. The van der Waals surface area contributed by atoms with Crippen molar-refractivity contribution in [3.8, 4) is 11.4 Å². The monoisotopic (exact) mass is 561 g/mol. The van der Waals surface area contributed by atoms with Crippen molar-refractivity contribution in [2.45, 2.75) is 40.7 Å². The van der Waals surface area contributed by atoms with E-state index in [-0.39, 0.29) is 11.3 Å². The Morgan fingerprint density at radius 1 is 1.00 bits per heavy atom. The van der Waals surface area contributed by atoms with Crippen LogP contribution in [0.25, 0.3) is 22.5 Å². The third kappa shape index (κ3) is 4.37. The molecule has 2 aromatic heterocycles. The molecule has 7 heteroatoms.